The summed E-state index contributed by atoms with van der Waals surface area (Å²) in [4.78, 5) is 0. The fourth-order valence-corrected chi connectivity index (χ4v) is 1.46. The molecule has 2 nitrogen and oxygen atoms in total. The predicted octanol–water partition coefficient (Wildman–Crippen LogP) is 1.01. The molecule has 0 aliphatic heterocycles. The second kappa shape index (κ2) is 1.98. The highest BCUT2D eigenvalue weighted by Gasteiger charge is 2.51. The van der Waals surface area contributed by atoms with Crippen LogP contribution in [0.4, 0.5) is 8.78 Å². The molecule has 1 aliphatic carbocycles. The van der Waals surface area contributed by atoms with Crippen LogP contribution in [0.25, 0.3) is 0 Å². The Morgan fingerprint density at radius 3 is 2.22 bits per heavy atom. The number of rotatable bonds is 1. The summed E-state index contributed by atoms with van der Waals surface area (Å²) in [6, 6.07) is 0. The van der Waals surface area contributed by atoms with Crippen molar-refractivity contribution in [3.05, 3.63) is 0 Å². The van der Waals surface area contributed by atoms with E-state index in [0.29, 0.717) is 0 Å². The van der Waals surface area contributed by atoms with Crippen molar-refractivity contribution in [1.82, 2.24) is 0 Å². The van der Waals surface area contributed by atoms with Crippen molar-refractivity contribution in [2.45, 2.75) is 24.0 Å². The molecule has 0 aromatic heterocycles. The van der Waals surface area contributed by atoms with Crippen molar-refractivity contribution in [1.29, 1.82) is 0 Å². The van der Waals surface area contributed by atoms with E-state index in [0.717, 1.165) is 0 Å². The molecule has 0 bridgehead atoms. The van der Waals surface area contributed by atoms with E-state index in [1.165, 1.54) is 0 Å². The average Bonchev–Trinajstić information content (AvgIpc) is 1.62. The van der Waals surface area contributed by atoms with Crippen molar-refractivity contribution in [2.75, 3.05) is 0 Å². The van der Waals surface area contributed by atoms with E-state index in [1.807, 2.05) is 0 Å². The van der Waals surface area contributed by atoms with Crippen LogP contribution >= 0.6 is 0 Å². The topological polar surface area (TPSA) is 37.3 Å². The lowest BCUT2D eigenvalue weighted by atomic mass is 9.94. The van der Waals surface area contributed by atoms with E-state index in [1.54, 1.807) is 0 Å². The van der Waals surface area contributed by atoms with Gasteiger partial charge in [-0.05, 0) is 6.42 Å². The summed E-state index contributed by atoms with van der Waals surface area (Å²) < 4.78 is 42.4. The molecule has 0 amide bonds. The molecule has 0 radical (unpaired) electrons. The molecule has 1 N–H and O–H groups in total. The summed E-state index contributed by atoms with van der Waals surface area (Å²) in [5, 5.41) is -1.31. The molecule has 1 aliphatic rings. The van der Waals surface area contributed by atoms with E-state index >= 15 is 0 Å². The lowest BCUT2D eigenvalue weighted by Crippen LogP contribution is -2.46. The van der Waals surface area contributed by atoms with Crippen molar-refractivity contribution in [3.63, 3.8) is 0 Å². The Bertz CT molecular complexity index is 148. The van der Waals surface area contributed by atoms with E-state index in [9.17, 15) is 13.0 Å². The predicted molar refractivity (Wildman–Crippen MR) is 28.7 cm³/mol. The minimum atomic E-state index is -2.89. The summed E-state index contributed by atoms with van der Waals surface area (Å²) in [5.74, 6) is -2.89. The maximum atomic E-state index is 12.1. The number of halogens is 2. The Morgan fingerprint density at radius 2 is 2.22 bits per heavy atom. The molecular formula is C4H6F2O2S. The zero-order valence-electron chi connectivity index (χ0n) is 4.51. The van der Waals surface area contributed by atoms with Crippen molar-refractivity contribution in [3.8, 4) is 0 Å². The van der Waals surface area contributed by atoms with Gasteiger partial charge in [0.1, 0.15) is 5.25 Å². The fourth-order valence-electron chi connectivity index (χ4n) is 0.729. The molecule has 2 unspecified atom stereocenters. The lowest BCUT2D eigenvalue weighted by molar-refractivity contribution is -0.0666. The smallest absolute Gasteiger partial charge is 0.264 e. The zero-order chi connectivity index (χ0) is 7.07. The second-order valence-electron chi connectivity index (χ2n) is 2.06. The number of alkyl halides is 2. The van der Waals surface area contributed by atoms with Gasteiger partial charge in [0.25, 0.3) is 5.92 Å². The third-order valence-corrected chi connectivity index (χ3v) is 2.52. The Labute approximate surface area is 53.5 Å². The molecule has 54 valence electrons. The van der Waals surface area contributed by atoms with Gasteiger partial charge >= 0.3 is 0 Å². The van der Waals surface area contributed by atoms with Gasteiger partial charge in [0.15, 0.2) is 11.1 Å². The van der Waals surface area contributed by atoms with Crippen LogP contribution in [0.1, 0.15) is 12.8 Å². The largest absolute Gasteiger partial charge is 0.306 e. The minimum Gasteiger partial charge on any atom is -0.306 e. The van der Waals surface area contributed by atoms with Crippen molar-refractivity contribution >= 4 is 11.1 Å². The third-order valence-electron chi connectivity index (χ3n) is 1.45. The van der Waals surface area contributed by atoms with Gasteiger partial charge in [-0.2, -0.15) is 0 Å². The summed E-state index contributed by atoms with van der Waals surface area (Å²) in [6.07, 6.45) is -0.0833. The van der Waals surface area contributed by atoms with E-state index in [4.69, 9.17) is 4.55 Å². The fraction of sp³-hybridized carbons (Fsp3) is 1.00. The first kappa shape index (κ1) is 7.08. The summed E-state index contributed by atoms with van der Waals surface area (Å²) in [6.45, 7) is 0. The highest BCUT2D eigenvalue weighted by molar-refractivity contribution is 7.80. The Hall–Kier alpha value is -0.0300. The molecule has 0 saturated heterocycles. The van der Waals surface area contributed by atoms with Gasteiger partial charge in [0.05, 0.1) is 0 Å². The normalized spacial score (nSPS) is 35.2. The maximum Gasteiger partial charge on any atom is 0.264 e. The van der Waals surface area contributed by atoms with Crippen LogP contribution < -0.4 is 0 Å². The molecule has 1 saturated carbocycles. The van der Waals surface area contributed by atoms with Gasteiger partial charge in [-0.3, -0.25) is 0 Å². The standard InChI is InChI=1S/C4H6F2O2S/c5-4(6)2-1-3(4)9(7)8/h3H,1-2H2,(H,7,8). The molecule has 9 heavy (non-hydrogen) atoms. The molecule has 0 spiro atoms. The Kier molecular flexibility index (Phi) is 1.56. The van der Waals surface area contributed by atoms with E-state index < -0.39 is 22.3 Å². The van der Waals surface area contributed by atoms with Crippen LogP contribution in [0.3, 0.4) is 0 Å². The molecule has 1 fully saturated rings. The molecule has 1 rings (SSSR count). The highest BCUT2D eigenvalue weighted by atomic mass is 32.2. The molecule has 0 aromatic rings. The van der Waals surface area contributed by atoms with Crippen molar-refractivity contribution in [2.24, 2.45) is 0 Å². The highest BCUT2D eigenvalue weighted by Crippen LogP contribution is 2.40. The Balaban J connectivity index is 2.55. The maximum absolute atomic E-state index is 12.1. The summed E-state index contributed by atoms with van der Waals surface area (Å²) in [7, 11) is 0. The first-order chi connectivity index (χ1) is 4.04. The van der Waals surface area contributed by atoms with Crippen LogP contribution in [-0.2, 0) is 11.1 Å². The number of hydrogen-bond donors (Lipinski definition) is 1. The molecular weight excluding hydrogens is 150 g/mol. The van der Waals surface area contributed by atoms with Gasteiger partial charge in [-0.25, -0.2) is 13.0 Å². The SMILES string of the molecule is O=S(O)C1CCC1(F)F. The Morgan fingerprint density at radius 1 is 1.67 bits per heavy atom. The van der Waals surface area contributed by atoms with Gasteiger partial charge in [0.2, 0.25) is 0 Å². The third kappa shape index (κ3) is 1.11. The van der Waals surface area contributed by atoms with Crippen molar-refractivity contribution < 1.29 is 17.5 Å². The first-order valence-electron chi connectivity index (χ1n) is 2.51. The quantitative estimate of drug-likeness (QED) is 0.575. The van der Waals surface area contributed by atoms with Crippen LogP contribution in [0, 0.1) is 0 Å². The van der Waals surface area contributed by atoms with Crippen LogP contribution in [0.2, 0.25) is 0 Å². The van der Waals surface area contributed by atoms with E-state index in [2.05, 4.69) is 0 Å². The molecule has 2 atom stereocenters. The molecule has 0 heterocycles. The zero-order valence-corrected chi connectivity index (χ0v) is 5.33. The van der Waals surface area contributed by atoms with Crippen LogP contribution in [0.15, 0.2) is 0 Å². The van der Waals surface area contributed by atoms with Gasteiger partial charge < -0.3 is 4.55 Å². The molecule has 0 aromatic carbocycles. The summed E-state index contributed by atoms with van der Waals surface area (Å²) in [5.41, 5.74) is 0. The second-order valence-corrected chi connectivity index (χ2v) is 3.19. The monoisotopic (exact) mass is 156 g/mol. The lowest BCUT2D eigenvalue weighted by Gasteiger charge is -2.32. The van der Waals surface area contributed by atoms with Gasteiger partial charge in [0, 0.05) is 6.42 Å². The molecule has 5 heteroatoms. The number of hydrogen-bond acceptors (Lipinski definition) is 1. The van der Waals surface area contributed by atoms with E-state index in [-0.39, 0.29) is 12.8 Å². The van der Waals surface area contributed by atoms with Gasteiger partial charge in [-0.15, -0.1) is 0 Å². The first-order valence-corrected chi connectivity index (χ1v) is 3.68. The van der Waals surface area contributed by atoms with Gasteiger partial charge in [-0.1, -0.05) is 0 Å². The minimum absolute atomic E-state index is 0.163. The summed E-state index contributed by atoms with van der Waals surface area (Å²) >= 11 is -2.34. The average molecular weight is 156 g/mol. The van der Waals surface area contributed by atoms with Crippen LogP contribution in [0.5, 0.6) is 0 Å². The van der Waals surface area contributed by atoms with Crippen LogP contribution in [-0.4, -0.2) is 19.9 Å².